The SMILES string of the molecule is CC(c1ccc(Cl)c(F)c1)[C@@H](CCC=S)c1ccc(Cl)cc1. The van der Waals surface area contributed by atoms with E-state index in [-0.39, 0.29) is 22.7 Å². The van der Waals surface area contributed by atoms with Gasteiger partial charge >= 0.3 is 0 Å². The minimum Gasteiger partial charge on any atom is -0.205 e. The minimum atomic E-state index is -0.379. The van der Waals surface area contributed by atoms with E-state index in [1.165, 1.54) is 11.6 Å². The Morgan fingerprint density at radius 2 is 1.73 bits per heavy atom. The monoisotopic (exact) mass is 354 g/mol. The molecule has 0 saturated heterocycles. The van der Waals surface area contributed by atoms with E-state index in [1.807, 2.05) is 30.3 Å². The number of hydrogen-bond donors (Lipinski definition) is 0. The van der Waals surface area contributed by atoms with Crippen LogP contribution in [0.5, 0.6) is 0 Å². The van der Waals surface area contributed by atoms with Crippen molar-refractivity contribution in [3.63, 3.8) is 0 Å². The molecule has 116 valence electrons. The molecular weight excluding hydrogens is 338 g/mol. The van der Waals surface area contributed by atoms with E-state index in [4.69, 9.17) is 35.4 Å². The van der Waals surface area contributed by atoms with Crippen molar-refractivity contribution < 1.29 is 4.39 Å². The molecule has 0 aliphatic rings. The molecule has 0 aliphatic carbocycles. The van der Waals surface area contributed by atoms with Crippen LogP contribution in [0.3, 0.4) is 0 Å². The molecule has 0 nitrogen and oxygen atoms in total. The molecule has 0 N–H and O–H groups in total. The van der Waals surface area contributed by atoms with E-state index in [0.717, 1.165) is 18.4 Å². The third-order valence-electron chi connectivity index (χ3n) is 3.97. The van der Waals surface area contributed by atoms with E-state index in [9.17, 15) is 4.39 Å². The van der Waals surface area contributed by atoms with Crippen molar-refractivity contribution in [1.29, 1.82) is 0 Å². The summed E-state index contributed by atoms with van der Waals surface area (Å²) in [6.07, 6.45) is 1.75. The van der Waals surface area contributed by atoms with Gasteiger partial charge in [-0.3, -0.25) is 0 Å². The second-order valence-corrected chi connectivity index (χ2v) is 6.54. The van der Waals surface area contributed by atoms with Gasteiger partial charge in [-0.1, -0.05) is 60.5 Å². The fourth-order valence-electron chi connectivity index (χ4n) is 2.69. The lowest BCUT2D eigenvalue weighted by Gasteiger charge is -2.25. The van der Waals surface area contributed by atoms with Gasteiger partial charge in [-0.05, 0) is 65.4 Å². The number of halogens is 3. The van der Waals surface area contributed by atoms with Crippen LogP contribution in [0.1, 0.15) is 42.7 Å². The lowest BCUT2D eigenvalue weighted by Crippen LogP contribution is -2.09. The van der Waals surface area contributed by atoms with Gasteiger partial charge in [0.05, 0.1) is 5.02 Å². The highest BCUT2D eigenvalue weighted by molar-refractivity contribution is 7.78. The first-order valence-corrected chi connectivity index (χ1v) is 8.39. The molecule has 22 heavy (non-hydrogen) atoms. The van der Waals surface area contributed by atoms with Crippen molar-refractivity contribution in [2.24, 2.45) is 0 Å². The Morgan fingerprint density at radius 3 is 2.32 bits per heavy atom. The molecule has 0 spiro atoms. The normalized spacial score (nSPS) is 13.6. The molecule has 2 rings (SSSR count). The third-order valence-corrected chi connectivity index (χ3v) is 4.76. The van der Waals surface area contributed by atoms with Crippen LogP contribution in [0.4, 0.5) is 4.39 Å². The van der Waals surface area contributed by atoms with Crippen LogP contribution in [-0.2, 0) is 0 Å². The van der Waals surface area contributed by atoms with Crippen molar-refractivity contribution in [2.45, 2.75) is 31.6 Å². The summed E-state index contributed by atoms with van der Waals surface area (Å²) in [6.45, 7) is 2.10. The third kappa shape index (κ3) is 4.28. The van der Waals surface area contributed by atoms with Crippen LogP contribution in [0, 0.1) is 5.82 Å². The van der Waals surface area contributed by atoms with Crippen molar-refractivity contribution in [1.82, 2.24) is 0 Å². The van der Waals surface area contributed by atoms with E-state index in [1.54, 1.807) is 11.4 Å². The van der Waals surface area contributed by atoms with E-state index in [2.05, 4.69) is 6.92 Å². The van der Waals surface area contributed by atoms with Crippen LogP contribution in [0.25, 0.3) is 0 Å². The van der Waals surface area contributed by atoms with Gasteiger partial charge in [-0.15, -0.1) is 0 Å². The Labute approximate surface area is 146 Å². The van der Waals surface area contributed by atoms with Gasteiger partial charge in [0.25, 0.3) is 0 Å². The van der Waals surface area contributed by atoms with Crippen molar-refractivity contribution in [3.05, 3.63) is 69.5 Å². The topological polar surface area (TPSA) is 0 Å². The molecule has 0 heterocycles. The second-order valence-electron chi connectivity index (χ2n) is 5.36. The van der Waals surface area contributed by atoms with Gasteiger partial charge in [0.15, 0.2) is 0 Å². The lowest BCUT2D eigenvalue weighted by molar-refractivity contribution is 0.542. The van der Waals surface area contributed by atoms with Crippen LogP contribution < -0.4 is 0 Å². The van der Waals surface area contributed by atoms with E-state index in [0.29, 0.717) is 5.02 Å². The molecule has 0 radical (unpaired) electrons. The van der Waals surface area contributed by atoms with Gasteiger partial charge in [-0.25, -0.2) is 4.39 Å². The summed E-state index contributed by atoms with van der Waals surface area (Å²) in [7, 11) is 0. The highest BCUT2D eigenvalue weighted by atomic mass is 35.5. The first-order chi connectivity index (χ1) is 10.5. The van der Waals surface area contributed by atoms with Crippen molar-refractivity contribution >= 4 is 40.8 Å². The van der Waals surface area contributed by atoms with Gasteiger partial charge in [0.2, 0.25) is 0 Å². The summed E-state index contributed by atoms with van der Waals surface area (Å²) in [5, 5.41) is 2.61. The van der Waals surface area contributed by atoms with Crippen LogP contribution >= 0.6 is 35.4 Å². The summed E-state index contributed by atoms with van der Waals surface area (Å²) < 4.78 is 13.7. The van der Waals surface area contributed by atoms with Crippen molar-refractivity contribution in [3.8, 4) is 0 Å². The average molecular weight is 355 g/mol. The largest absolute Gasteiger partial charge is 0.205 e. The molecule has 2 aromatic rings. The molecule has 0 amide bonds. The van der Waals surface area contributed by atoms with Gasteiger partial charge in [0, 0.05) is 5.02 Å². The number of hydrogen-bond acceptors (Lipinski definition) is 1. The molecule has 1 unspecified atom stereocenters. The fourth-order valence-corrected chi connectivity index (χ4v) is 3.07. The maximum absolute atomic E-state index is 13.7. The number of thiocarbonyl (C=S) groups is 1. The molecule has 0 aliphatic heterocycles. The summed E-state index contributed by atoms with van der Waals surface area (Å²) in [4.78, 5) is 0. The molecule has 2 aromatic carbocycles. The predicted octanol–water partition coefficient (Wildman–Crippen LogP) is 6.80. The molecule has 4 heteroatoms. The Bertz CT molecular complexity index is 640. The lowest BCUT2D eigenvalue weighted by atomic mass is 9.80. The molecule has 0 saturated carbocycles. The standard InChI is InChI=1S/C18H17Cl2FS/c1-12(14-6-9-17(20)18(21)11-14)16(3-2-10-22)13-4-7-15(19)8-5-13/h4-12,16H,2-3H2,1H3/t12?,16-/m1/s1. The van der Waals surface area contributed by atoms with E-state index < -0.39 is 0 Å². The fraction of sp³-hybridized carbons (Fsp3) is 0.278. The van der Waals surface area contributed by atoms with E-state index >= 15 is 0 Å². The quantitative estimate of drug-likeness (QED) is 0.514. The Kier molecular flexibility index (Phi) is 6.37. The van der Waals surface area contributed by atoms with Crippen LogP contribution in [0.15, 0.2) is 42.5 Å². The summed E-state index contributed by atoms with van der Waals surface area (Å²) in [5.41, 5.74) is 2.12. The maximum Gasteiger partial charge on any atom is 0.142 e. The summed E-state index contributed by atoms with van der Waals surface area (Å²) in [6, 6.07) is 12.8. The van der Waals surface area contributed by atoms with Gasteiger partial charge in [0.1, 0.15) is 5.82 Å². The smallest absolute Gasteiger partial charge is 0.142 e. The highest BCUT2D eigenvalue weighted by Crippen LogP contribution is 2.37. The van der Waals surface area contributed by atoms with Crippen LogP contribution in [-0.4, -0.2) is 5.37 Å². The van der Waals surface area contributed by atoms with Crippen molar-refractivity contribution in [2.75, 3.05) is 0 Å². The van der Waals surface area contributed by atoms with Gasteiger partial charge < -0.3 is 0 Å². The number of rotatable bonds is 6. The average Bonchev–Trinajstić information content (AvgIpc) is 2.51. The molecular formula is C18H17Cl2FS. The first kappa shape index (κ1) is 17.4. The maximum atomic E-state index is 13.7. The summed E-state index contributed by atoms with van der Waals surface area (Å²) >= 11 is 16.7. The zero-order valence-electron chi connectivity index (χ0n) is 12.2. The highest BCUT2D eigenvalue weighted by Gasteiger charge is 2.21. The molecule has 2 atom stereocenters. The van der Waals surface area contributed by atoms with Crippen LogP contribution in [0.2, 0.25) is 10.0 Å². The molecule has 0 aromatic heterocycles. The Hall–Kier alpha value is -0.960. The Balaban J connectivity index is 2.32. The Morgan fingerprint density at radius 1 is 1.09 bits per heavy atom. The zero-order chi connectivity index (χ0) is 16.1. The molecule has 0 bridgehead atoms. The van der Waals surface area contributed by atoms with Gasteiger partial charge in [-0.2, -0.15) is 0 Å². The first-order valence-electron chi connectivity index (χ1n) is 7.17. The molecule has 0 fully saturated rings. The summed E-state index contributed by atoms with van der Waals surface area (Å²) in [5.74, 6) is 0.0237. The zero-order valence-corrected chi connectivity index (χ0v) is 14.6. The minimum absolute atomic E-state index is 0.151. The second kappa shape index (κ2) is 8.05. The number of benzene rings is 2. The predicted molar refractivity (Wildman–Crippen MR) is 96.9 cm³/mol.